The van der Waals surface area contributed by atoms with Crippen LogP contribution in [0.15, 0.2) is 71.9 Å². The topological polar surface area (TPSA) is 96.0 Å². The van der Waals surface area contributed by atoms with Crippen molar-refractivity contribution in [3.8, 4) is 0 Å². The van der Waals surface area contributed by atoms with Crippen molar-refractivity contribution in [3.63, 3.8) is 0 Å². The second-order valence-corrected chi connectivity index (χ2v) is 9.83. The van der Waals surface area contributed by atoms with E-state index in [2.05, 4.69) is 70.4 Å². The van der Waals surface area contributed by atoms with Crippen LogP contribution in [-0.2, 0) is 10.0 Å². The van der Waals surface area contributed by atoms with E-state index in [1.807, 2.05) is 0 Å². The van der Waals surface area contributed by atoms with Crippen LogP contribution in [0.2, 0.25) is 0 Å². The number of hydrogen-bond acceptors (Lipinski definition) is 5. The number of benzene rings is 2. The standard InChI is InChI=1S/C24H29N5O2S2/c1-4-17(3)18-7-9-19(10-8-18)22(5-2)28-24(32)27-20-11-13-21(14-12-20)33(30,31)29-23-25-15-6-16-26-23/h6-17,22H,4-5H2,1-3H3,(H,25,26,29)(H2,27,28,32). The SMILES string of the molecule is CCC(C)c1ccc(C(CC)NC(=S)Nc2ccc(S(=O)(=O)Nc3ncccn3)cc2)cc1. The normalized spacial score (nSPS) is 13.1. The number of anilines is 2. The molecule has 1 aromatic heterocycles. The highest BCUT2D eigenvalue weighted by atomic mass is 32.2. The number of nitrogens with one attached hydrogen (secondary N) is 3. The number of nitrogens with zero attached hydrogens (tertiary/aromatic N) is 2. The minimum absolute atomic E-state index is 0.0212. The van der Waals surface area contributed by atoms with Gasteiger partial charge in [0.25, 0.3) is 10.0 Å². The molecule has 0 fully saturated rings. The van der Waals surface area contributed by atoms with E-state index in [1.54, 1.807) is 18.2 Å². The van der Waals surface area contributed by atoms with Crippen molar-refractivity contribution in [3.05, 3.63) is 78.1 Å². The molecule has 0 radical (unpaired) electrons. The third-order valence-corrected chi connectivity index (χ3v) is 7.01. The quantitative estimate of drug-likeness (QED) is 0.359. The summed E-state index contributed by atoms with van der Waals surface area (Å²) in [5.41, 5.74) is 3.19. The van der Waals surface area contributed by atoms with Gasteiger partial charge in [0.2, 0.25) is 5.95 Å². The van der Waals surface area contributed by atoms with E-state index < -0.39 is 10.0 Å². The number of aromatic nitrogens is 2. The molecule has 1 heterocycles. The fourth-order valence-electron chi connectivity index (χ4n) is 3.29. The second-order valence-electron chi connectivity index (χ2n) is 7.74. The van der Waals surface area contributed by atoms with Gasteiger partial charge < -0.3 is 10.6 Å². The number of sulfonamides is 1. The van der Waals surface area contributed by atoms with Crippen molar-refractivity contribution >= 4 is 39.0 Å². The van der Waals surface area contributed by atoms with Crippen LogP contribution < -0.4 is 15.4 Å². The van der Waals surface area contributed by atoms with Crippen LogP contribution in [-0.4, -0.2) is 23.5 Å². The molecule has 3 rings (SSSR count). The van der Waals surface area contributed by atoms with Gasteiger partial charge in [-0.15, -0.1) is 0 Å². The van der Waals surface area contributed by atoms with E-state index in [1.165, 1.54) is 35.7 Å². The lowest BCUT2D eigenvalue weighted by molar-refractivity contribution is 0.601. The molecule has 9 heteroatoms. The lowest BCUT2D eigenvalue weighted by Gasteiger charge is -2.21. The Morgan fingerprint density at radius 3 is 2.12 bits per heavy atom. The van der Waals surface area contributed by atoms with Crippen LogP contribution in [0.4, 0.5) is 11.6 Å². The van der Waals surface area contributed by atoms with Crippen LogP contribution in [0.1, 0.15) is 56.7 Å². The molecule has 0 saturated carbocycles. The molecular weight excluding hydrogens is 454 g/mol. The monoisotopic (exact) mass is 483 g/mol. The molecule has 0 aliphatic heterocycles. The molecule has 33 heavy (non-hydrogen) atoms. The smallest absolute Gasteiger partial charge is 0.264 e. The van der Waals surface area contributed by atoms with Crippen molar-refractivity contribution in [2.45, 2.75) is 50.5 Å². The number of hydrogen-bond donors (Lipinski definition) is 3. The molecule has 0 saturated heterocycles. The number of thiocarbonyl (C=S) groups is 1. The number of rotatable bonds is 9. The van der Waals surface area contributed by atoms with Crippen LogP contribution in [0, 0.1) is 0 Å². The zero-order chi connectivity index (χ0) is 23.8. The fourth-order valence-corrected chi connectivity index (χ4v) is 4.51. The first-order valence-electron chi connectivity index (χ1n) is 10.9. The molecule has 0 bridgehead atoms. The molecule has 0 amide bonds. The molecule has 3 aromatic rings. The Bertz CT molecular complexity index is 1150. The van der Waals surface area contributed by atoms with E-state index in [0.717, 1.165) is 12.8 Å². The summed E-state index contributed by atoms with van der Waals surface area (Å²) in [4.78, 5) is 7.87. The molecular formula is C24H29N5O2S2. The average Bonchev–Trinajstić information content (AvgIpc) is 2.83. The van der Waals surface area contributed by atoms with Gasteiger partial charge in [-0.05, 0) is 72.4 Å². The highest BCUT2D eigenvalue weighted by molar-refractivity contribution is 7.92. The Morgan fingerprint density at radius 2 is 1.55 bits per heavy atom. The van der Waals surface area contributed by atoms with E-state index in [0.29, 0.717) is 16.7 Å². The Kier molecular flexibility index (Phi) is 8.35. The zero-order valence-corrected chi connectivity index (χ0v) is 20.6. The van der Waals surface area contributed by atoms with E-state index in [-0.39, 0.29) is 16.9 Å². The van der Waals surface area contributed by atoms with Gasteiger partial charge >= 0.3 is 0 Å². The summed E-state index contributed by atoms with van der Waals surface area (Å²) >= 11 is 5.49. The van der Waals surface area contributed by atoms with Gasteiger partial charge in [-0.3, -0.25) is 0 Å². The summed E-state index contributed by atoms with van der Waals surface area (Å²) in [6, 6.07) is 16.7. The highest BCUT2D eigenvalue weighted by Crippen LogP contribution is 2.23. The molecule has 174 valence electrons. The van der Waals surface area contributed by atoms with Crippen molar-refractivity contribution in [1.82, 2.24) is 15.3 Å². The van der Waals surface area contributed by atoms with Crippen LogP contribution in [0.3, 0.4) is 0 Å². The van der Waals surface area contributed by atoms with Crippen LogP contribution in [0.5, 0.6) is 0 Å². The van der Waals surface area contributed by atoms with Crippen molar-refractivity contribution in [2.24, 2.45) is 0 Å². The molecule has 0 aliphatic rings. The van der Waals surface area contributed by atoms with Gasteiger partial charge in [0, 0.05) is 18.1 Å². The molecule has 0 aliphatic carbocycles. The van der Waals surface area contributed by atoms with Gasteiger partial charge in [0.05, 0.1) is 10.9 Å². The Morgan fingerprint density at radius 1 is 0.939 bits per heavy atom. The summed E-state index contributed by atoms with van der Waals surface area (Å²) < 4.78 is 27.4. The summed E-state index contributed by atoms with van der Waals surface area (Å²) in [6.45, 7) is 6.52. The first kappa shape index (κ1) is 24.6. The zero-order valence-electron chi connectivity index (χ0n) is 18.9. The molecule has 2 unspecified atom stereocenters. The first-order chi connectivity index (χ1) is 15.8. The maximum absolute atomic E-state index is 12.5. The van der Waals surface area contributed by atoms with Crippen molar-refractivity contribution in [2.75, 3.05) is 10.0 Å². The van der Waals surface area contributed by atoms with Crippen molar-refractivity contribution < 1.29 is 8.42 Å². The van der Waals surface area contributed by atoms with E-state index in [4.69, 9.17) is 12.2 Å². The minimum Gasteiger partial charge on any atom is -0.356 e. The Balaban J connectivity index is 1.61. The Labute approximate surface area is 201 Å². The summed E-state index contributed by atoms with van der Waals surface area (Å²) in [7, 11) is -3.78. The van der Waals surface area contributed by atoms with Crippen molar-refractivity contribution in [1.29, 1.82) is 0 Å². The average molecular weight is 484 g/mol. The third-order valence-electron chi connectivity index (χ3n) is 5.45. The fraction of sp³-hybridized carbons (Fsp3) is 0.292. The first-order valence-corrected chi connectivity index (χ1v) is 12.8. The summed E-state index contributed by atoms with van der Waals surface area (Å²) in [5, 5.41) is 6.94. The van der Waals surface area contributed by atoms with Gasteiger partial charge in [-0.1, -0.05) is 45.0 Å². The Hall–Kier alpha value is -3.04. The summed E-state index contributed by atoms with van der Waals surface area (Å²) in [5.74, 6) is 0.560. The largest absolute Gasteiger partial charge is 0.356 e. The van der Waals surface area contributed by atoms with Crippen LogP contribution in [0.25, 0.3) is 0 Å². The van der Waals surface area contributed by atoms with E-state index >= 15 is 0 Å². The summed E-state index contributed by atoms with van der Waals surface area (Å²) in [6.07, 6.45) is 4.92. The maximum atomic E-state index is 12.5. The third kappa shape index (κ3) is 6.72. The van der Waals surface area contributed by atoms with E-state index in [9.17, 15) is 8.42 Å². The van der Waals surface area contributed by atoms with Crippen LogP contribution >= 0.6 is 12.2 Å². The molecule has 3 N–H and O–H groups in total. The van der Waals surface area contributed by atoms with Gasteiger partial charge in [-0.25, -0.2) is 23.1 Å². The molecule has 0 spiro atoms. The lowest BCUT2D eigenvalue weighted by atomic mass is 9.95. The predicted molar refractivity (Wildman–Crippen MR) is 137 cm³/mol. The minimum atomic E-state index is -3.78. The lowest BCUT2D eigenvalue weighted by Crippen LogP contribution is -2.32. The second kappa shape index (κ2) is 11.2. The molecule has 7 nitrogen and oxygen atoms in total. The highest BCUT2D eigenvalue weighted by Gasteiger charge is 2.16. The molecule has 2 atom stereocenters. The maximum Gasteiger partial charge on any atom is 0.264 e. The van der Waals surface area contributed by atoms with Gasteiger partial charge in [0.15, 0.2) is 5.11 Å². The molecule has 2 aromatic carbocycles. The van der Waals surface area contributed by atoms with Gasteiger partial charge in [0.1, 0.15) is 0 Å². The van der Waals surface area contributed by atoms with Gasteiger partial charge in [-0.2, -0.15) is 0 Å². The predicted octanol–water partition coefficient (Wildman–Crippen LogP) is 5.23.